The van der Waals surface area contributed by atoms with E-state index in [-0.39, 0.29) is 13.2 Å². The molecule has 0 heterocycles. The first kappa shape index (κ1) is 31.6. The summed E-state index contributed by atoms with van der Waals surface area (Å²) >= 11 is 14.5. The molecule has 2 aromatic carbocycles. The van der Waals surface area contributed by atoms with Crippen molar-refractivity contribution in [3.63, 3.8) is 0 Å². The smallest absolute Gasteiger partial charge is 0.330 e. The van der Waals surface area contributed by atoms with E-state index in [4.69, 9.17) is 18.9 Å². The van der Waals surface area contributed by atoms with Gasteiger partial charge in [0.25, 0.3) is 0 Å². The molecule has 0 spiro atoms. The summed E-state index contributed by atoms with van der Waals surface area (Å²) in [7, 11) is 0. The Labute approximate surface area is 251 Å². The normalized spacial score (nSPS) is 12.8. The lowest BCUT2D eigenvalue weighted by molar-refractivity contribution is -0.144. The van der Waals surface area contributed by atoms with Gasteiger partial charge in [0.2, 0.25) is 0 Å². The first-order valence-electron chi connectivity index (χ1n) is 11.2. The maximum atomic E-state index is 11.4. The fourth-order valence-corrected chi connectivity index (χ4v) is 6.08. The van der Waals surface area contributed by atoms with Gasteiger partial charge >= 0.3 is 11.9 Å². The summed E-state index contributed by atoms with van der Waals surface area (Å²) in [6.07, 6.45) is 1.37. The van der Waals surface area contributed by atoms with E-state index in [0.717, 1.165) is 41.2 Å². The van der Waals surface area contributed by atoms with Crippen molar-refractivity contribution in [3.05, 3.63) is 78.6 Å². The van der Waals surface area contributed by atoms with Crippen molar-refractivity contribution in [1.29, 1.82) is 0 Å². The molecule has 2 atom stereocenters. The van der Waals surface area contributed by atoms with Crippen molar-refractivity contribution in [1.82, 2.24) is 0 Å². The molecule has 10 heteroatoms. The van der Waals surface area contributed by atoms with Gasteiger partial charge in [0.05, 0.1) is 17.9 Å². The highest BCUT2D eigenvalue weighted by Gasteiger charge is 2.28. The number of carbonyl (C=O) groups excluding carboxylic acids is 2. The molecule has 0 amide bonds. The Morgan fingerprint density at radius 1 is 0.757 bits per heavy atom. The Morgan fingerprint density at radius 2 is 1.05 bits per heavy atom. The molecular weight excluding hydrogens is 740 g/mol. The fourth-order valence-electron chi connectivity index (χ4n) is 3.25. The summed E-state index contributed by atoms with van der Waals surface area (Å²) in [6.45, 7) is 14.9. The molecule has 0 radical (unpaired) electrons. The van der Waals surface area contributed by atoms with Gasteiger partial charge in [0, 0.05) is 17.6 Å². The van der Waals surface area contributed by atoms with Gasteiger partial charge in [-0.2, -0.15) is 0 Å². The van der Waals surface area contributed by atoms with Crippen LogP contribution in [0.1, 0.15) is 38.8 Å². The van der Waals surface area contributed by atoms with Crippen LogP contribution in [0.4, 0.5) is 0 Å². The Morgan fingerprint density at radius 3 is 1.32 bits per heavy atom. The largest absolute Gasteiger partial charge is 0.487 e. The number of esters is 2. The summed E-state index contributed by atoms with van der Waals surface area (Å²) in [5.41, 5.74) is 1.66. The van der Waals surface area contributed by atoms with Gasteiger partial charge in [-0.1, -0.05) is 27.0 Å². The Bertz CT molecular complexity index is 1040. The second-order valence-corrected chi connectivity index (χ2v) is 12.1. The molecule has 0 bridgehead atoms. The van der Waals surface area contributed by atoms with Crippen LogP contribution in [0.15, 0.2) is 67.5 Å². The summed E-state index contributed by atoms with van der Waals surface area (Å²) in [4.78, 5) is 22.8. The number of ether oxygens (including phenoxy) is 4. The van der Waals surface area contributed by atoms with E-state index >= 15 is 0 Å². The van der Waals surface area contributed by atoms with E-state index < -0.39 is 29.6 Å². The van der Waals surface area contributed by atoms with Gasteiger partial charge in [0.15, 0.2) is 0 Å². The summed E-state index contributed by atoms with van der Waals surface area (Å²) < 4.78 is 25.2. The molecule has 0 aliphatic rings. The van der Waals surface area contributed by atoms with E-state index in [9.17, 15) is 9.59 Å². The van der Waals surface area contributed by atoms with E-state index in [1.165, 1.54) is 0 Å². The minimum atomic E-state index is -0.495. The molecule has 0 aromatic heterocycles. The van der Waals surface area contributed by atoms with E-state index in [1.54, 1.807) is 13.8 Å². The summed E-state index contributed by atoms with van der Waals surface area (Å²) in [6, 6.07) is 8.01. The lowest BCUT2D eigenvalue weighted by atomic mass is 9.78. The number of hydrogen-bond donors (Lipinski definition) is 0. The molecule has 2 unspecified atom stereocenters. The lowest BCUT2D eigenvalue weighted by Crippen LogP contribution is -2.22. The zero-order valence-electron chi connectivity index (χ0n) is 20.9. The molecular formula is C27H28Br4O6. The molecule has 0 aliphatic heterocycles. The predicted octanol–water partition coefficient (Wildman–Crippen LogP) is 8.06. The molecule has 2 rings (SSSR count). The molecule has 37 heavy (non-hydrogen) atoms. The van der Waals surface area contributed by atoms with Gasteiger partial charge in [-0.25, -0.2) is 9.59 Å². The van der Waals surface area contributed by atoms with Crippen molar-refractivity contribution in [2.24, 2.45) is 0 Å². The Kier molecular flexibility index (Phi) is 11.9. The van der Waals surface area contributed by atoms with Gasteiger partial charge in [-0.3, -0.25) is 0 Å². The summed E-state index contributed by atoms with van der Waals surface area (Å²) in [5.74, 6) is 0.230. The average molecular weight is 768 g/mol. The minimum absolute atomic E-state index is 0.187. The van der Waals surface area contributed by atoms with E-state index in [0.29, 0.717) is 11.5 Å². The number of hydrogen-bond acceptors (Lipinski definition) is 6. The number of carbonyl (C=O) groups is 2. The van der Waals surface area contributed by atoms with Crippen LogP contribution >= 0.6 is 63.7 Å². The van der Waals surface area contributed by atoms with Crippen LogP contribution < -0.4 is 9.47 Å². The van der Waals surface area contributed by atoms with Crippen molar-refractivity contribution in [3.8, 4) is 11.5 Å². The first-order chi connectivity index (χ1) is 17.3. The van der Waals surface area contributed by atoms with Crippen LogP contribution in [0.3, 0.4) is 0 Å². The fraction of sp³-hybridized carbons (Fsp3) is 0.333. The van der Waals surface area contributed by atoms with Crippen molar-refractivity contribution in [2.75, 3.05) is 13.2 Å². The van der Waals surface area contributed by atoms with Crippen LogP contribution in [0.2, 0.25) is 0 Å². The van der Waals surface area contributed by atoms with Gasteiger partial charge in [-0.05, 0) is 113 Å². The van der Waals surface area contributed by atoms with Crippen molar-refractivity contribution in [2.45, 2.75) is 45.3 Å². The number of benzene rings is 2. The maximum Gasteiger partial charge on any atom is 0.330 e. The maximum absolute atomic E-state index is 11.4. The minimum Gasteiger partial charge on any atom is -0.487 e. The quantitative estimate of drug-likeness (QED) is 0.161. The van der Waals surface area contributed by atoms with Crippen molar-refractivity contribution < 1.29 is 28.5 Å². The highest BCUT2D eigenvalue weighted by atomic mass is 79.9. The van der Waals surface area contributed by atoms with Crippen LogP contribution in [-0.4, -0.2) is 37.4 Å². The first-order valence-corrected chi connectivity index (χ1v) is 14.4. The third-order valence-corrected chi connectivity index (χ3v) is 7.69. The third kappa shape index (κ3) is 8.70. The van der Waals surface area contributed by atoms with Gasteiger partial charge < -0.3 is 18.9 Å². The Balaban J connectivity index is 2.23. The molecule has 0 saturated heterocycles. The zero-order chi connectivity index (χ0) is 27.9. The molecule has 0 fully saturated rings. The lowest BCUT2D eigenvalue weighted by Gasteiger charge is -2.28. The predicted molar refractivity (Wildman–Crippen MR) is 158 cm³/mol. The van der Waals surface area contributed by atoms with Gasteiger partial charge in [0.1, 0.15) is 36.9 Å². The SMILES string of the molecule is C=CC(=O)OC(C)COc1c(Br)cc(C(C)(C)c2cc(Br)c(OCC(C)OC(=O)C=C)c(Br)c2)cc1Br. The second-order valence-electron chi connectivity index (χ2n) is 8.69. The average Bonchev–Trinajstić information content (AvgIpc) is 2.82. The molecule has 0 saturated carbocycles. The number of halogens is 4. The highest BCUT2D eigenvalue weighted by Crippen LogP contribution is 2.44. The second kappa shape index (κ2) is 14.0. The molecule has 0 aliphatic carbocycles. The van der Waals surface area contributed by atoms with E-state index in [1.807, 2.05) is 24.3 Å². The Hall–Kier alpha value is -1.62. The summed E-state index contributed by atoms with van der Waals surface area (Å²) in [5, 5.41) is 0. The third-order valence-electron chi connectivity index (χ3n) is 5.33. The van der Waals surface area contributed by atoms with E-state index in [2.05, 4.69) is 90.7 Å². The van der Waals surface area contributed by atoms with Crippen LogP contribution in [-0.2, 0) is 24.5 Å². The number of rotatable bonds is 12. The highest BCUT2D eigenvalue weighted by molar-refractivity contribution is 9.11. The van der Waals surface area contributed by atoms with Crippen LogP contribution in [0.5, 0.6) is 11.5 Å². The van der Waals surface area contributed by atoms with Crippen LogP contribution in [0.25, 0.3) is 0 Å². The van der Waals surface area contributed by atoms with Gasteiger partial charge in [-0.15, -0.1) is 0 Å². The molecule has 0 N–H and O–H groups in total. The van der Waals surface area contributed by atoms with Crippen molar-refractivity contribution >= 4 is 75.7 Å². The molecule has 200 valence electrons. The van der Waals surface area contributed by atoms with Crippen LogP contribution in [0, 0.1) is 0 Å². The topological polar surface area (TPSA) is 71.1 Å². The zero-order valence-corrected chi connectivity index (χ0v) is 27.3. The molecule has 2 aromatic rings. The standard InChI is InChI=1S/C27H28Br4O6/c1-7-23(32)36-15(3)13-34-25-19(28)9-17(10-20(25)29)27(5,6)18-11-21(30)26(22(31)12-18)35-14-16(4)37-24(33)8-2/h7-12,15-16H,1-2,13-14H2,3-6H3. The molecule has 6 nitrogen and oxygen atoms in total. The monoisotopic (exact) mass is 764 g/mol.